The fraction of sp³-hybridized carbons (Fsp3) is 0.435. The number of carbonyl (C=O) groups is 1. The van der Waals surface area contributed by atoms with Crippen molar-refractivity contribution in [2.75, 3.05) is 37.1 Å². The van der Waals surface area contributed by atoms with Crippen molar-refractivity contribution >= 4 is 44.6 Å². The number of carbonyl (C=O) groups excluding carboxylic acids is 1. The van der Waals surface area contributed by atoms with Crippen molar-refractivity contribution in [3.05, 3.63) is 57.6 Å². The van der Waals surface area contributed by atoms with E-state index in [1.54, 1.807) is 4.90 Å². The highest BCUT2D eigenvalue weighted by molar-refractivity contribution is 7.91. The lowest BCUT2D eigenvalue weighted by Gasteiger charge is -2.29. The highest BCUT2D eigenvalue weighted by Crippen LogP contribution is 2.35. The summed E-state index contributed by atoms with van der Waals surface area (Å²) >= 11 is 12.7. The Morgan fingerprint density at radius 2 is 1.75 bits per heavy atom. The summed E-state index contributed by atoms with van der Waals surface area (Å²) < 4.78 is 29.8. The van der Waals surface area contributed by atoms with E-state index in [2.05, 4.69) is 0 Å². The molecule has 2 aromatic rings. The summed E-state index contributed by atoms with van der Waals surface area (Å²) in [5, 5.41) is 0.507. The summed E-state index contributed by atoms with van der Waals surface area (Å²) in [5.41, 5.74) is 2.25. The molecule has 0 saturated carbocycles. The molecule has 0 radical (unpaired) electrons. The van der Waals surface area contributed by atoms with E-state index in [-0.39, 0.29) is 34.0 Å². The number of amides is 1. The first kappa shape index (κ1) is 24.7. The number of anilines is 1. The number of ether oxygens (including phenoxy) is 1. The van der Waals surface area contributed by atoms with Gasteiger partial charge in [0.2, 0.25) is 0 Å². The number of sulfone groups is 1. The Bertz CT molecular complexity index is 1050. The fourth-order valence-electron chi connectivity index (χ4n) is 3.68. The summed E-state index contributed by atoms with van der Waals surface area (Å²) in [6, 6.07) is 10.5. The molecule has 3 rings (SSSR count). The Hall–Kier alpha value is -1.96. The van der Waals surface area contributed by atoms with Gasteiger partial charge in [0, 0.05) is 37.9 Å². The van der Waals surface area contributed by atoms with Crippen molar-refractivity contribution in [3.63, 3.8) is 0 Å². The lowest BCUT2D eigenvalue weighted by molar-refractivity contribution is 0.0681. The Morgan fingerprint density at radius 1 is 1.12 bits per heavy atom. The maximum Gasteiger partial charge on any atom is 0.254 e. The molecule has 0 bridgehead atoms. The second-order valence-electron chi connectivity index (χ2n) is 8.17. The van der Waals surface area contributed by atoms with Gasteiger partial charge in [0.15, 0.2) is 15.6 Å². The van der Waals surface area contributed by atoms with E-state index in [0.717, 1.165) is 17.7 Å². The molecule has 2 aromatic carbocycles. The monoisotopic (exact) mass is 498 g/mol. The van der Waals surface area contributed by atoms with Crippen molar-refractivity contribution < 1.29 is 17.9 Å². The molecule has 0 spiro atoms. The first-order chi connectivity index (χ1) is 15.1. The summed E-state index contributed by atoms with van der Waals surface area (Å²) in [4.78, 5) is 17.1. The van der Waals surface area contributed by atoms with Gasteiger partial charge >= 0.3 is 0 Å². The standard InChI is InChI=1S/C23H28Cl2N2O4S/c1-4-10-31-22-20(24)12-17(13-21(22)25)23(28)27(19-9-11-32(29,30)15-19)14-16-5-7-18(8-6-16)26(2)3/h5-8,12-13,19H,4,9-11,14-15H2,1-3H3. The molecule has 0 N–H and O–H groups in total. The Morgan fingerprint density at radius 3 is 2.25 bits per heavy atom. The second-order valence-corrected chi connectivity index (χ2v) is 11.2. The molecule has 9 heteroatoms. The zero-order chi connectivity index (χ0) is 23.5. The molecule has 6 nitrogen and oxygen atoms in total. The molecule has 1 aliphatic rings. The van der Waals surface area contributed by atoms with Gasteiger partial charge in [-0.25, -0.2) is 8.42 Å². The molecule has 1 amide bonds. The van der Waals surface area contributed by atoms with Crippen molar-refractivity contribution in [2.45, 2.75) is 32.4 Å². The topological polar surface area (TPSA) is 66.9 Å². The molecule has 1 unspecified atom stereocenters. The first-order valence-corrected chi connectivity index (χ1v) is 13.1. The second kappa shape index (κ2) is 10.3. The van der Waals surface area contributed by atoms with Crippen LogP contribution in [0.25, 0.3) is 0 Å². The van der Waals surface area contributed by atoms with Crippen molar-refractivity contribution in [2.24, 2.45) is 0 Å². The van der Waals surface area contributed by atoms with E-state index in [9.17, 15) is 13.2 Å². The molecule has 0 aliphatic carbocycles. The number of hydrogen-bond donors (Lipinski definition) is 0. The third kappa shape index (κ3) is 5.88. The van der Waals surface area contributed by atoms with Crippen LogP contribution >= 0.6 is 23.2 Å². The minimum absolute atomic E-state index is 0.0479. The molecule has 1 atom stereocenters. The lowest BCUT2D eigenvalue weighted by Crippen LogP contribution is -2.40. The zero-order valence-corrected chi connectivity index (χ0v) is 20.8. The quantitative estimate of drug-likeness (QED) is 0.528. The maximum absolute atomic E-state index is 13.5. The van der Waals surface area contributed by atoms with Crippen molar-refractivity contribution in [3.8, 4) is 5.75 Å². The average Bonchev–Trinajstić information content (AvgIpc) is 3.10. The van der Waals surface area contributed by atoms with Crippen LogP contribution in [0.2, 0.25) is 10.0 Å². The largest absolute Gasteiger partial charge is 0.490 e. The van der Waals surface area contributed by atoms with Gasteiger partial charge < -0.3 is 14.5 Å². The maximum atomic E-state index is 13.5. The van der Waals surface area contributed by atoms with E-state index >= 15 is 0 Å². The number of nitrogens with zero attached hydrogens (tertiary/aromatic N) is 2. The van der Waals surface area contributed by atoms with Crippen LogP contribution in [0.15, 0.2) is 36.4 Å². The third-order valence-electron chi connectivity index (χ3n) is 5.41. The van der Waals surface area contributed by atoms with Gasteiger partial charge in [-0.3, -0.25) is 4.79 Å². The van der Waals surface area contributed by atoms with Crippen LogP contribution in [0.5, 0.6) is 5.75 Å². The smallest absolute Gasteiger partial charge is 0.254 e. The SMILES string of the molecule is CCCOc1c(Cl)cc(C(=O)N(Cc2ccc(N(C)C)cc2)C2CCS(=O)(=O)C2)cc1Cl. The predicted octanol–water partition coefficient (Wildman–Crippen LogP) is 4.68. The Balaban J connectivity index is 1.91. The summed E-state index contributed by atoms with van der Waals surface area (Å²) in [6.45, 7) is 2.72. The Labute approximate surface area is 200 Å². The first-order valence-electron chi connectivity index (χ1n) is 10.5. The highest BCUT2D eigenvalue weighted by atomic mass is 35.5. The van der Waals surface area contributed by atoms with E-state index in [4.69, 9.17) is 27.9 Å². The van der Waals surface area contributed by atoms with Crippen LogP contribution in [0.3, 0.4) is 0 Å². The van der Waals surface area contributed by atoms with Crippen LogP contribution in [0, 0.1) is 0 Å². The molecular formula is C23H28Cl2N2O4S. The van der Waals surface area contributed by atoms with Crippen LogP contribution in [0.1, 0.15) is 35.7 Å². The fourth-order valence-corrected chi connectivity index (χ4v) is 6.00. The summed E-state index contributed by atoms with van der Waals surface area (Å²) in [7, 11) is 0.735. The van der Waals surface area contributed by atoms with Gasteiger partial charge in [0.05, 0.1) is 28.2 Å². The number of hydrogen-bond acceptors (Lipinski definition) is 5. The number of halogens is 2. The average molecular weight is 499 g/mol. The van der Waals surface area contributed by atoms with Crippen LogP contribution in [-0.4, -0.2) is 57.5 Å². The summed E-state index contributed by atoms with van der Waals surface area (Å²) in [6.07, 6.45) is 1.20. The van der Waals surface area contributed by atoms with Gasteiger partial charge in [-0.05, 0) is 42.7 Å². The van der Waals surface area contributed by atoms with Crippen LogP contribution in [-0.2, 0) is 16.4 Å². The molecule has 0 aromatic heterocycles. The number of rotatable bonds is 8. The van der Waals surface area contributed by atoms with Crippen molar-refractivity contribution in [1.29, 1.82) is 0 Å². The minimum atomic E-state index is -3.17. The Kier molecular flexibility index (Phi) is 7.96. The third-order valence-corrected chi connectivity index (χ3v) is 7.72. The van der Waals surface area contributed by atoms with E-state index in [1.807, 2.05) is 50.2 Å². The zero-order valence-electron chi connectivity index (χ0n) is 18.5. The molecular weight excluding hydrogens is 471 g/mol. The van der Waals surface area contributed by atoms with Gasteiger partial charge in [0.1, 0.15) is 0 Å². The number of benzene rings is 2. The van der Waals surface area contributed by atoms with E-state index < -0.39 is 15.9 Å². The van der Waals surface area contributed by atoms with Gasteiger partial charge in [-0.1, -0.05) is 42.3 Å². The minimum Gasteiger partial charge on any atom is -0.490 e. The summed E-state index contributed by atoms with van der Waals surface area (Å²) in [5.74, 6) is 0.0654. The molecule has 32 heavy (non-hydrogen) atoms. The van der Waals surface area contributed by atoms with Gasteiger partial charge in [-0.2, -0.15) is 0 Å². The highest BCUT2D eigenvalue weighted by Gasteiger charge is 2.35. The molecule has 1 heterocycles. The lowest BCUT2D eigenvalue weighted by atomic mass is 10.1. The molecule has 174 valence electrons. The van der Waals surface area contributed by atoms with Crippen LogP contribution < -0.4 is 9.64 Å². The van der Waals surface area contributed by atoms with E-state index in [0.29, 0.717) is 24.3 Å². The van der Waals surface area contributed by atoms with Crippen LogP contribution in [0.4, 0.5) is 5.69 Å². The van der Waals surface area contributed by atoms with Gasteiger partial charge in [0.25, 0.3) is 5.91 Å². The van der Waals surface area contributed by atoms with Crippen molar-refractivity contribution in [1.82, 2.24) is 4.90 Å². The molecule has 1 saturated heterocycles. The molecule has 1 fully saturated rings. The predicted molar refractivity (Wildman–Crippen MR) is 130 cm³/mol. The van der Waals surface area contributed by atoms with Gasteiger partial charge in [-0.15, -0.1) is 0 Å². The normalized spacial score (nSPS) is 17.2. The van der Waals surface area contributed by atoms with E-state index in [1.165, 1.54) is 12.1 Å². The molecule has 1 aliphatic heterocycles.